The average Bonchev–Trinajstić information content (AvgIpc) is 3.13. The van der Waals surface area contributed by atoms with Gasteiger partial charge in [0.2, 0.25) is 0 Å². The van der Waals surface area contributed by atoms with Crippen LogP contribution in [0.15, 0.2) is 176 Å². The van der Waals surface area contributed by atoms with E-state index in [9.17, 15) is 0 Å². The Morgan fingerprint density at radius 3 is 1.21 bits per heavy atom. The summed E-state index contributed by atoms with van der Waals surface area (Å²) in [6.45, 7) is 0.510. The predicted molar refractivity (Wildman–Crippen MR) is 191 cm³/mol. The van der Waals surface area contributed by atoms with Crippen molar-refractivity contribution in [2.75, 3.05) is 4.90 Å². The van der Waals surface area contributed by atoms with E-state index in [1.54, 1.807) is 0 Å². The molecule has 7 rings (SSSR count). The molecule has 4 nitrogen and oxygen atoms in total. The molecule has 0 aliphatic carbocycles. The summed E-state index contributed by atoms with van der Waals surface area (Å²) in [5.41, 5.74) is 11.5. The third kappa shape index (κ3) is 6.98. The first-order chi connectivity index (χ1) is 23.1. The van der Waals surface area contributed by atoms with E-state index in [0.717, 1.165) is 28.4 Å². The zero-order valence-corrected chi connectivity index (χ0v) is 26.7. The van der Waals surface area contributed by atoms with Gasteiger partial charge in [-0.3, -0.25) is 0 Å². The van der Waals surface area contributed by atoms with Crippen LogP contribution in [0.4, 0.5) is 17.1 Å². The zero-order valence-electron chi connectivity index (χ0n) is 26.7. The molecule has 0 spiro atoms. The Morgan fingerprint density at radius 2 is 0.766 bits per heavy atom. The van der Waals surface area contributed by atoms with Gasteiger partial charge >= 0.3 is 0 Å². The van der Waals surface area contributed by atoms with Gasteiger partial charge in [-0.1, -0.05) is 78.9 Å². The molecule has 0 bridgehead atoms. The summed E-state index contributed by atoms with van der Waals surface area (Å²) in [6, 6.07) is 53.5. The quantitative estimate of drug-likeness (QED) is 0.152. The maximum atomic E-state index is 6.21. The molecule has 2 aromatic heterocycles. The number of aryl methyl sites for hydroxylation is 2. The number of benzene rings is 5. The van der Waals surface area contributed by atoms with E-state index in [-0.39, 0.29) is 0 Å². The number of pyridine rings is 2. The van der Waals surface area contributed by atoms with Gasteiger partial charge in [-0.2, -0.15) is 0 Å². The Morgan fingerprint density at radius 1 is 0.404 bits per heavy atom. The van der Waals surface area contributed by atoms with Gasteiger partial charge in [-0.25, -0.2) is 9.13 Å². The number of rotatable bonds is 9. The van der Waals surface area contributed by atoms with Gasteiger partial charge in [0, 0.05) is 41.3 Å². The molecule has 0 aliphatic rings. The second kappa shape index (κ2) is 13.6. The van der Waals surface area contributed by atoms with E-state index < -0.39 is 0 Å². The van der Waals surface area contributed by atoms with Gasteiger partial charge < -0.3 is 9.64 Å². The average molecular weight is 612 g/mol. The van der Waals surface area contributed by atoms with E-state index in [1.807, 2.05) is 29.3 Å². The fraction of sp³-hybridized carbons (Fsp3) is 0.0698. The van der Waals surface area contributed by atoms with Gasteiger partial charge in [-0.15, -0.1) is 0 Å². The molecular formula is C43H37N3O+2. The van der Waals surface area contributed by atoms with Gasteiger partial charge in [0.1, 0.15) is 26.5 Å². The Kier molecular flexibility index (Phi) is 8.56. The van der Waals surface area contributed by atoms with Crippen LogP contribution in [0.2, 0.25) is 0 Å². The third-order valence-corrected chi connectivity index (χ3v) is 8.44. The number of aromatic nitrogens is 2. The number of hydrogen-bond acceptors (Lipinski definition) is 2. The fourth-order valence-corrected chi connectivity index (χ4v) is 5.72. The molecule has 0 saturated heterocycles. The molecule has 0 amide bonds. The van der Waals surface area contributed by atoms with Gasteiger partial charge in [0.15, 0.2) is 24.8 Å². The van der Waals surface area contributed by atoms with Crippen LogP contribution in [-0.2, 0) is 20.7 Å². The molecule has 0 atom stereocenters. The van der Waals surface area contributed by atoms with E-state index in [0.29, 0.717) is 6.61 Å². The van der Waals surface area contributed by atoms with Crippen LogP contribution >= 0.6 is 0 Å². The topological polar surface area (TPSA) is 20.2 Å². The summed E-state index contributed by atoms with van der Waals surface area (Å²) < 4.78 is 10.3. The molecule has 47 heavy (non-hydrogen) atoms. The van der Waals surface area contributed by atoms with Crippen molar-refractivity contribution in [1.29, 1.82) is 0 Å². The lowest BCUT2D eigenvalue weighted by molar-refractivity contribution is -0.671. The summed E-state index contributed by atoms with van der Waals surface area (Å²) >= 11 is 0. The normalized spacial score (nSPS) is 10.9. The summed E-state index contributed by atoms with van der Waals surface area (Å²) in [6.07, 6.45) is 8.31. The van der Waals surface area contributed by atoms with Crippen molar-refractivity contribution in [3.63, 3.8) is 0 Å². The molecule has 2 heterocycles. The second-order valence-electron chi connectivity index (χ2n) is 11.8. The summed E-state index contributed by atoms with van der Waals surface area (Å²) in [5, 5.41) is 0. The number of anilines is 3. The lowest BCUT2D eigenvalue weighted by Crippen LogP contribution is -2.25. The van der Waals surface area contributed by atoms with E-state index in [4.69, 9.17) is 4.74 Å². The minimum absolute atomic E-state index is 0.510. The molecule has 0 saturated carbocycles. The lowest BCUT2D eigenvalue weighted by atomic mass is 10.0. The molecule has 0 radical (unpaired) electrons. The number of ether oxygens (including phenoxy) is 1. The fourth-order valence-electron chi connectivity index (χ4n) is 5.72. The Hall–Kier alpha value is -6.00. The summed E-state index contributed by atoms with van der Waals surface area (Å²) in [5.74, 6) is 0.834. The van der Waals surface area contributed by atoms with E-state index >= 15 is 0 Å². The summed E-state index contributed by atoms with van der Waals surface area (Å²) in [4.78, 5) is 2.29. The van der Waals surface area contributed by atoms with Gasteiger partial charge in [0.05, 0.1) is 0 Å². The van der Waals surface area contributed by atoms with Crippen molar-refractivity contribution in [2.24, 2.45) is 14.1 Å². The van der Waals surface area contributed by atoms with Crippen LogP contribution in [-0.4, -0.2) is 0 Å². The van der Waals surface area contributed by atoms with Crippen molar-refractivity contribution in [3.05, 3.63) is 182 Å². The van der Waals surface area contributed by atoms with Gasteiger partial charge in [0.25, 0.3) is 0 Å². The summed E-state index contributed by atoms with van der Waals surface area (Å²) in [7, 11) is 4.07. The molecule has 5 aromatic carbocycles. The molecular weight excluding hydrogens is 574 g/mol. The molecule has 7 aromatic rings. The molecule has 0 unspecified atom stereocenters. The second-order valence-corrected chi connectivity index (χ2v) is 11.8. The van der Waals surface area contributed by atoms with Crippen LogP contribution in [0.3, 0.4) is 0 Å². The third-order valence-electron chi connectivity index (χ3n) is 8.44. The highest BCUT2D eigenvalue weighted by Gasteiger charge is 2.14. The van der Waals surface area contributed by atoms with E-state index in [2.05, 4.69) is 175 Å². The SMILES string of the molecule is C[n+]1ccc(-c2ccc(N(c3ccc(OCc4ccc(-c5ccccc5)cc4)cc3)c3ccc(-c4cc[n+](C)cc4)cc3)cc2)cc1. The number of hydrogen-bond donors (Lipinski definition) is 0. The smallest absolute Gasteiger partial charge is 0.169 e. The van der Waals surface area contributed by atoms with Crippen LogP contribution in [0.5, 0.6) is 5.75 Å². The van der Waals surface area contributed by atoms with Crippen molar-refractivity contribution < 1.29 is 13.9 Å². The van der Waals surface area contributed by atoms with Crippen molar-refractivity contribution in [3.8, 4) is 39.1 Å². The Labute approximate surface area is 277 Å². The highest BCUT2D eigenvalue weighted by molar-refractivity contribution is 5.80. The standard InChI is InChI=1S/C43H37N3O/c1-44-28-24-38(25-29-44)36-12-16-40(17-13-36)46(41-18-14-37(15-19-41)39-26-30-45(2)31-27-39)42-20-22-43(23-21-42)47-32-33-8-10-35(11-9-33)34-6-4-3-5-7-34/h3-31H,32H2,1-2H3/q+2. The maximum Gasteiger partial charge on any atom is 0.169 e. The van der Waals surface area contributed by atoms with E-state index in [1.165, 1.54) is 33.4 Å². The van der Waals surface area contributed by atoms with Crippen LogP contribution in [0, 0.1) is 0 Å². The van der Waals surface area contributed by atoms with Crippen LogP contribution < -0.4 is 18.8 Å². The Balaban J connectivity index is 1.13. The first-order valence-corrected chi connectivity index (χ1v) is 15.9. The lowest BCUT2D eigenvalue weighted by Gasteiger charge is -2.26. The minimum Gasteiger partial charge on any atom is -0.489 e. The highest BCUT2D eigenvalue weighted by Crippen LogP contribution is 2.37. The molecule has 0 N–H and O–H groups in total. The number of nitrogens with zero attached hydrogens (tertiary/aromatic N) is 3. The first kappa shape index (κ1) is 29.7. The largest absolute Gasteiger partial charge is 0.489 e. The molecule has 0 aliphatic heterocycles. The highest BCUT2D eigenvalue weighted by atomic mass is 16.5. The first-order valence-electron chi connectivity index (χ1n) is 15.9. The minimum atomic E-state index is 0.510. The van der Waals surface area contributed by atoms with Crippen molar-refractivity contribution in [2.45, 2.75) is 6.61 Å². The predicted octanol–water partition coefficient (Wildman–Crippen LogP) is 9.39. The zero-order chi connectivity index (χ0) is 32.0. The monoisotopic (exact) mass is 611 g/mol. The van der Waals surface area contributed by atoms with Crippen LogP contribution in [0.1, 0.15) is 5.56 Å². The molecule has 0 fully saturated rings. The van der Waals surface area contributed by atoms with Gasteiger partial charge in [-0.05, 0) is 87.5 Å². The van der Waals surface area contributed by atoms with Crippen molar-refractivity contribution >= 4 is 17.1 Å². The van der Waals surface area contributed by atoms with Crippen LogP contribution in [0.25, 0.3) is 33.4 Å². The van der Waals surface area contributed by atoms with Crippen molar-refractivity contribution in [1.82, 2.24) is 0 Å². The Bertz CT molecular complexity index is 1950. The maximum absolute atomic E-state index is 6.21. The molecule has 4 heteroatoms. The molecule has 228 valence electrons.